The van der Waals surface area contributed by atoms with Crippen molar-refractivity contribution in [2.45, 2.75) is 19.3 Å². The molecule has 0 bridgehead atoms. The zero-order valence-corrected chi connectivity index (χ0v) is 11.9. The molecule has 1 aliphatic rings. The van der Waals surface area contributed by atoms with Gasteiger partial charge in [-0.15, -0.1) is 11.3 Å². The molecule has 3 rings (SSSR count). The lowest BCUT2D eigenvalue weighted by Crippen LogP contribution is -2.14. The molecule has 20 heavy (non-hydrogen) atoms. The van der Waals surface area contributed by atoms with Gasteiger partial charge in [-0.25, -0.2) is 4.98 Å². The highest BCUT2D eigenvalue weighted by Crippen LogP contribution is 2.38. The number of nitrogens with zero attached hydrogens (tertiary/aromatic N) is 3. The summed E-state index contributed by atoms with van der Waals surface area (Å²) in [6, 6.07) is 2.18. The minimum Gasteiger partial charge on any atom is -0.311 e. The number of nitrogens with one attached hydrogen (secondary N) is 1. The molecule has 0 aliphatic heterocycles. The standard InChI is InChI=1S/C13H9ClN4OS/c14-11-6-16-5-9(17-11)12(19)18-13-8(4-15)7-2-1-3-10(7)20-13/h5-6H,1-3H2,(H,18,19). The van der Waals surface area contributed by atoms with E-state index in [4.69, 9.17) is 11.6 Å². The van der Waals surface area contributed by atoms with Crippen LogP contribution in [0.5, 0.6) is 0 Å². The second kappa shape index (κ2) is 5.19. The van der Waals surface area contributed by atoms with E-state index in [2.05, 4.69) is 21.4 Å². The fraction of sp³-hybridized carbons (Fsp3) is 0.231. The Labute approximate surface area is 124 Å². The number of anilines is 1. The molecule has 0 spiro atoms. The number of aromatic nitrogens is 2. The fourth-order valence-corrected chi connectivity index (χ4v) is 3.61. The monoisotopic (exact) mass is 304 g/mol. The van der Waals surface area contributed by atoms with E-state index in [1.807, 2.05) is 0 Å². The van der Waals surface area contributed by atoms with Crippen LogP contribution in [0, 0.1) is 11.3 Å². The molecule has 2 aromatic heterocycles. The van der Waals surface area contributed by atoms with Crippen LogP contribution in [0.25, 0.3) is 0 Å². The molecule has 1 amide bonds. The number of hydrogen-bond donors (Lipinski definition) is 1. The van der Waals surface area contributed by atoms with Gasteiger partial charge < -0.3 is 5.32 Å². The highest BCUT2D eigenvalue weighted by molar-refractivity contribution is 7.16. The molecular formula is C13H9ClN4OS. The molecule has 7 heteroatoms. The minimum atomic E-state index is -0.406. The first-order valence-corrected chi connectivity index (χ1v) is 7.22. The molecule has 100 valence electrons. The molecule has 0 fully saturated rings. The van der Waals surface area contributed by atoms with E-state index in [1.165, 1.54) is 28.6 Å². The number of amides is 1. The lowest BCUT2D eigenvalue weighted by molar-refractivity contribution is 0.102. The third-order valence-electron chi connectivity index (χ3n) is 3.10. The van der Waals surface area contributed by atoms with E-state index in [1.54, 1.807) is 0 Å². The van der Waals surface area contributed by atoms with Crippen molar-refractivity contribution in [1.29, 1.82) is 5.26 Å². The topological polar surface area (TPSA) is 78.7 Å². The van der Waals surface area contributed by atoms with E-state index in [0.717, 1.165) is 24.8 Å². The highest BCUT2D eigenvalue weighted by Gasteiger charge is 2.23. The number of thiophene rings is 1. The second-order valence-electron chi connectivity index (χ2n) is 4.35. The van der Waals surface area contributed by atoms with E-state index in [0.29, 0.717) is 10.6 Å². The maximum atomic E-state index is 12.1. The van der Waals surface area contributed by atoms with Crippen molar-refractivity contribution in [3.8, 4) is 6.07 Å². The first-order valence-electron chi connectivity index (χ1n) is 6.02. The third-order valence-corrected chi connectivity index (χ3v) is 4.49. The predicted molar refractivity (Wildman–Crippen MR) is 76.1 cm³/mol. The number of aryl methyl sites for hydroxylation is 1. The van der Waals surface area contributed by atoms with Gasteiger partial charge >= 0.3 is 0 Å². The minimum absolute atomic E-state index is 0.134. The van der Waals surface area contributed by atoms with Crippen LogP contribution in [-0.4, -0.2) is 15.9 Å². The largest absolute Gasteiger partial charge is 0.311 e. The normalized spacial score (nSPS) is 12.8. The summed E-state index contributed by atoms with van der Waals surface area (Å²) in [7, 11) is 0. The maximum absolute atomic E-state index is 12.1. The summed E-state index contributed by atoms with van der Waals surface area (Å²) in [5.74, 6) is -0.406. The molecule has 0 saturated carbocycles. The summed E-state index contributed by atoms with van der Waals surface area (Å²) in [6.45, 7) is 0. The molecule has 0 radical (unpaired) electrons. The van der Waals surface area contributed by atoms with Crippen molar-refractivity contribution in [2.75, 3.05) is 5.32 Å². The van der Waals surface area contributed by atoms with E-state index < -0.39 is 5.91 Å². The zero-order chi connectivity index (χ0) is 14.1. The lowest BCUT2D eigenvalue weighted by Gasteiger charge is -2.03. The van der Waals surface area contributed by atoms with Crippen LogP contribution in [0.4, 0.5) is 5.00 Å². The molecule has 2 aromatic rings. The van der Waals surface area contributed by atoms with Crippen molar-refractivity contribution >= 4 is 33.8 Å². The SMILES string of the molecule is N#Cc1c(NC(=O)c2cncc(Cl)n2)sc2c1CCC2. The number of hydrogen-bond acceptors (Lipinski definition) is 5. The molecule has 1 aliphatic carbocycles. The summed E-state index contributed by atoms with van der Waals surface area (Å²) in [5, 5.41) is 12.7. The predicted octanol–water partition coefficient (Wildman–Crippen LogP) is 2.80. The Kier molecular flexibility index (Phi) is 3.38. The molecule has 5 nitrogen and oxygen atoms in total. The molecule has 0 unspecified atom stereocenters. The van der Waals surface area contributed by atoms with Gasteiger partial charge in [-0.05, 0) is 24.8 Å². The Hall–Kier alpha value is -1.97. The molecular weight excluding hydrogens is 296 g/mol. The van der Waals surface area contributed by atoms with Crippen LogP contribution < -0.4 is 5.32 Å². The smallest absolute Gasteiger partial charge is 0.276 e. The average molecular weight is 305 g/mol. The van der Waals surface area contributed by atoms with Gasteiger partial charge in [0.1, 0.15) is 21.9 Å². The van der Waals surface area contributed by atoms with Gasteiger partial charge in [0.15, 0.2) is 0 Å². The molecule has 1 N–H and O–H groups in total. The van der Waals surface area contributed by atoms with Gasteiger partial charge in [0.05, 0.1) is 18.0 Å². The van der Waals surface area contributed by atoms with Gasteiger partial charge in [0.2, 0.25) is 0 Å². The van der Waals surface area contributed by atoms with E-state index in [-0.39, 0.29) is 10.8 Å². The van der Waals surface area contributed by atoms with Crippen LogP contribution in [0.2, 0.25) is 5.15 Å². The van der Waals surface area contributed by atoms with Crippen molar-refractivity contribution in [3.05, 3.63) is 39.2 Å². The van der Waals surface area contributed by atoms with Crippen LogP contribution in [0.3, 0.4) is 0 Å². The molecule has 0 atom stereocenters. The summed E-state index contributed by atoms with van der Waals surface area (Å²) in [4.78, 5) is 21.0. The first kappa shape index (κ1) is 13.0. The van der Waals surface area contributed by atoms with Crippen LogP contribution in [0.1, 0.15) is 32.9 Å². The summed E-state index contributed by atoms with van der Waals surface area (Å²) >= 11 is 7.17. The molecule has 0 saturated heterocycles. The number of nitriles is 1. The highest BCUT2D eigenvalue weighted by atomic mass is 35.5. The Morgan fingerprint density at radius 1 is 1.45 bits per heavy atom. The van der Waals surface area contributed by atoms with Gasteiger partial charge in [-0.3, -0.25) is 9.78 Å². The van der Waals surface area contributed by atoms with Crippen LogP contribution in [-0.2, 0) is 12.8 Å². The first-order chi connectivity index (χ1) is 9.69. The molecule has 0 aromatic carbocycles. The van der Waals surface area contributed by atoms with E-state index in [9.17, 15) is 10.1 Å². The Bertz CT molecular complexity index is 734. The fourth-order valence-electron chi connectivity index (χ4n) is 2.23. The number of halogens is 1. The van der Waals surface area contributed by atoms with Gasteiger partial charge in [0.25, 0.3) is 5.91 Å². The summed E-state index contributed by atoms with van der Waals surface area (Å²) < 4.78 is 0. The van der Waals surface area contributed by atoms with Crippen molar-refractivity contribution in [2.24, 2.45) is 0 Å². The van der Waals surface area contributed by atoms with Gasteiger partial charge in [0, 0.05) is 4.88 Å². The Morgan fingerprint density at radius 3 is 3.05 bits per heavy atom. The number of carbonyl (C=O) groups excluding carboxylic acids is 1. The third kappa shape index (κ3) is 2.26. The zero-order valence-electron chi connectivity index (χ0n) is 10.3. The Morgan fingerprint density at radius 2 is 2.30 bits per heavy atom. The van der Waals surface area contributed by atoms with Gasteiger partial charge in [-0.1, -0.05) is 11.6 Å². The van der Waals surface area contributed by atoms with Crippen LogP contribution in [0.15, 0.2) is 12.4 Å². The number of rotatable bonds is 2. The summed E-state index contributed by atoms with van der Waals surface area (Å²) in [5.41, 5.74) is 1.78. The van der Waals surface area contributed by atoms with Gasteiger partial charge in [-0.2, -0.15) is 5.26 Å². The maximum Gasteiger partial charge on any atom is 0.276 e. The number of carbonyl (C=O) groups is 1. The number of fused-ring (bicyclic) bond motifs is 1. The lowest BCUT2D eigenvalue weighted by atomic mass is 10.1. The van der Waals surface area contributed by atoms with Crippen molar-refractivity contribution in [3.63, 3.8) is 0 Å². The van der Waals surface area contributed by atoms with Crippen molar-refractivity contribution in [1.82, 2.24) is 9.97 Å². The van der Waals surface area contributed by atoms with Crippen LogP contribution >= 0.6 is 22.9 Å². The quantitative estimate of drug-likeness (QED) is 0.925. The molecule has 2 heterocycles. The average Bonchev–Trinajstić information content (AvgIpc) is 2.98. The Balaban J connectivity index is 1.89. The summed E-state index contributed by atoms with van der Waals surface area (Å²) in [6.07, 6.45) is 5.65. The van der Waals surface area contributed by atoms with Crippen molar-refractivity contribution < 1.29 is 4.79 Å². The van der Waals surface area contributed by atoms with E-state index >= 15 is 0 Å². The second-order valence-corrected chi connectivity index (χ2v) is 5.85.